The minimum absolute atomic E-state index is 0.843. The lowest BCUT2D eigenvalue weighted by molar-refractivity contribution is 0.494. The molecule has 2 rings (SSSR count). The monoisotopic (exact) mass is 175 g/mol. The molecule has 2 fully saturated rings. The summed E-state index contributed by atoms with van der Waals surface area (Å²) < 4.78 is 0. The second-order valence-corrected chi connectivity index (χ2v) is 5.19. The fourth-order valence-electron chi connectivity index (χ4n) is 1.33. The number of thioether (sulfide) groups is 2. The molecule has 0 aromatic carbocycles. The highest BCUT2D eigenvalue weighted by molar-refractivity contribution is 8.00. The Morgan fingerprint density at radius 3 is 2.30 bits per heavy atom. The van der Waals surface area contributed by atoms with E-state index in [0.29, 0.717) is 0 Å². The maximum Gasteiger partial charge on any atom is 0.0251 e. The summed E-state index contributed by atoms with van der Waals surface area (Å²) in [7, 11) is 0. The van der Waals surface area contributed by atoms with Crippen LogP contribution in [0, 0.1) is 0 Å². The first-order valence-electron chi connectivity index (χ1n) is 3.87. The Kier molecular flexibility index (Phi) is 2.47. The summed E-state index contributed by atoms with van der Waals surface area (Å²) in [5.74, 6) is 5.42. The van der Waals surface area contributed by atoms with E-state index in [0.717, 1.165) is 12.1 Å². The second kappa shape index (κ2) is 3.37. The number of rotatable bonds is 2. The van der Waals surface area contributed by atoms with Crippen LogP contribution >= 0.6 is 23.5 Å². The molecule has 0 spiro atoms. The van der Waals surface area contributed by atoms with Crippen LogP contribution in [0.2, 0.25) is 0 Å². The van der Waals surface area contributed by atoms with E-state index in [-0.39, 0.29) is 0 Å². The van der Waals surface area contributed by atoms with Crippen molar-refractivity contribution in [1.29, 1.82) is 0 Å². The van der Waals surface area contributed by atoms with Crippen molar-refractivity contribution in [3.05, 3.63) is 0 Å². The van der Waals surface area contributed by atoms with Crippen LogP contribution in [0.15, 0.2) is 0 Å². The molecule has 2 saturated heterocycles. The molecule has 1 unspecified atom stereocenters. The van der Waals surface area contributed by atoms with Crippen LogP contribution in [0.3, 0.4) is 0 Å². The van der Waals surface area contributed by atoms with Gasteiger partial charge in [0.05, 0.1) is 0 Å². The Morgan fingerprint density at radius 2 is 1.80 bits per heavy atom. The van der Waals surface area contributed by atoms with Crippen LogP contribution in [0.4, 0.5) is 0 Å². The Hall–Kier alpha value is 0.660. The van der Waals surface area contributed by atoms with Crippen molar-refractivity contribution in [2.24, 2.45) is 0 Å². The van der Waals surface area contributed by atoms with Crippen molar-refractivity contribution >= 4 is 23.5 Å². The quantitative estimate of drug-likeness (QED) is 0.677. The Morgan fingerprint density at radius 1 is 1.00 bits per heavy atom. The molecule has 0 radical (unpaired) electrons. The molecule has 1 nitrogen and oxygen atoms in total. The van der Waals surface area contributed by atoms with Crippen molar-refractivity contribution in [2.45, 2.75) is 18.5 Å². The topological polar surface area (TPSA) is 12.0 Å². The zero-order valence-corrected chi connectivity index (χ0v) is 7.64. The third-order valence-corrected chi connectivity index (χ3v) is 4.48. The minimum Gasteiger partial charge on any atom is -0.309 e. The summed E-state index contributed by atoms with van der Waals surface area (Å²) in [6.45, 7) is 0. The Balaban J connectivity index is 1.68. The molecule has 0 aromatic heterocycles. The summed E-state index contributed by atoms with van der Waals surface area (Å²) in [6.07, 6.45) is 1.39. The van der Waals surface area contributed by atoms with Gasteiger partial charge in [0, 0.05) is 29.3 Å². The third-order valence-electron chi connectivity index (χ3n) is 2.04. The summed E-state index contributed by atoms with van der Waals surface area (Å²) in [4.78, 5) is 0. The van der Waals surface area contributed by atoms with Crippen LogP contribution in [-0.4, -0.2) is 35.1 Å². The molecule has 10 heavy (non-hydrogen) atoms. The highest BCUT2D eigenvalue weighted by Crippen LogP contribution is 2.22. The van der Waals surface area contributed by atoms with Gasteiger partial charge < -0.3 is 5.32 Å². The van der Waals surface area contributed by atoms with Crippen molar-refractivity contribution in [3.8, 4) is 0 Å². The first-order chi connectivity index (χ1) is 4.95. The molecule has 0 aromatic rings. The summed E-state index contributed by atoms with van der Waals surface area (Å²) in [5, 5.41) is 3.67. The molecule has 0 aliphatic carbocycles. The minimum atomic E-state index is 0.843. The van der Waals surface area contributed by atoms with Crippen molar-refractivity contribution in [2.75, 3.05) is 23.0 Å². The molecule has 3 heteroatoms. The van der Waals surface area contributed by atoms with Crippen LogP contribution in [-0.2, 0) is 0 Å². The molecule has 2 aliphatic rings. The summed E-state index contributed by atoms with van der Waals surface area (Å²) in [6, 6.07) is 1.70. The molecular formula is C7H13NS2. The van der Waals surface area contributed by atoms with Gasteiger partial charge in [0.25, 0.3) is 0 Å². The van der Waals surface area contributed by atoms with Gasteiger partial charge in [0.1, 0.15) is 0 Å². The predicted molar refractivity (Wildman–Crippen MR) is 50.0 cm³/mol. The molecule has 0 saturated carbocycles. The Labute approximate surface area is 70.7 Å². The zero-order valence-electron chi connectivity index (χ0n) is 6.01. The molecule has 2 heterocycles. The average Bonchev–Trinajstić information content (AvgIpc) is 2.29. The molecule has 1 N–H and O–H groups in total. The fourth-order valence-corrected chi connectivity index (χ4v) is 3.16. The molecule has 58 valence electrons. The standard InChI is InChI=1S/C7H13NS2/c1-2-9-3-6(1)8-7-4-10-5-7/h6-8H,1-5H2. The van der Waals surface area contributed by atoms with Gasteiger partial charge in [-0.2, -0.15) is 23.5 Å². The first-order valence-corrected chi connectivity index (χ1v) is 6.17. The lowest BCUT2D eigenvalue weighted by atomic mass is 10.2. The van der Waals surface area contributed by atoms with Crippen molar-refractivity contribution < 1.29 is 0 Å². The molecular weight excluding hydrogens is 162 g/mol. The molecule has 2 aliphatic heterocycles. The highest BCUT2D eigenvalue weighted by atomic mass is 32.2. The molecule has 0 amide bonds. The van der Waals surface area contributed by atoms with Gasteiger partial charge >= 0.3 is 0 Å². The Bertz CT molecular complexity index is 108. The maximum absolute atomic E-state index is 3.67. The summed E-state index contributed by atoms with van der Waals surface area (Å²) in [5.41, 5.74) is 0. The number of nitrogens with one attached hydrogen (secondary N) is 1. The number of hydrogen-bond acceptors (Lipinski definition) is 3. The lowest BCUT2D eigenvalue weighted by Crippen LogP contribution is -2.46. The lowest BCUT2D eigenvalue weighted by Gasteiger charge is -2.28. The van der Waals surface area contributed by atoms with Crippen LogP contribution in [0.25, 0.3) is 0 Å². The SMILES string of the molecule is C1CC(NC2CSC2)CS1. The predicted octanol–water partition coefficient (Wildman–Crippen LogP) is 1.20. The van der Waals surface area contributed by atoms with Gasteiger partial charge in [0.2, 0.25) is 0 Å². The summed E-state index contributed by atoms with van der Waals surface area (Å²) >= 11 is 4.15. The molecule has 0 bridgehead atoms. The van der Waals surface area contributed by atoms with Gasteiger partial charge in [-0.1, -0.05) is 0 Å². The van der Waals surface area contributed by atoms with Crippen LogP contribution in [0.1, 0.15) is 6.42 Å². The van der Waals surface area contributed by atoms with Gasteiger partial charge in [-0.05, 0) is 12.2 Å². The van der Waals surface area contributed by atoms with E-state index < -0.39 is 0 Å². The van der Waals surface area contributed by atoms with E-state index >= 15 is 0 Å². The zero-order chi connectivity index (χ0) is 6.81. The van der Waals surface area contributed by atoms with E-state index in [1.54, 1.807) is 0 Å². The number of hydrogen-bond donors (Lipinski definition) is 1. The van der Waals surface area contributed by atoms with E-state index in [4.69, 9.17) is 0 Å². The average molecular weight is 175 g/mol. The van der Waals surface area contributed by atoms with E-state index in [1.807, 2.05) is 0 Å². The van der Waals surface area contributed by atoms with Crippen molar-refractivity contribution in [1.82, 2.24) is 5.32 Å². The van der Waals surface area contributed by atoms with Crippen LogP contribution in [0.5, 0.6) is 0 Å². The highest BCUT2D eigenvalue weighted by Gasteiger charge is 2.23. The van der Waals surface area contributed by atoms with E-state index in [1.165, 1.54) is 29.4 Å². The smallest absolute Gasteiger partial charge is 0.0251 e. The van der Waals surface area contributed by atoms with Gasteiger partial charge in [-0.25, -0.2) is 0 Å². The van der Waals surface area contributed by atoms with E-state index in [9.17, 15) is 0 Å². The maximum atomic E-state index is 3.67. The van der Waals surface area contributed by atoms with Gasteiger partial charge in [0.15, 0.2) is 0 Å². The van der Waals surface area contributed by atoms with E-state index in [2.05, 4.69) is 28.8 Å². The van der Waals surface area contributed by atoms with Gasteiger partial charge in [-0.3, -0.25) is 0 Å². The van der Waals surface area contributed by atoms with Crippen LogP contribution < -0.4 is 5.32 Å². The van der Waals surface area contributed by atoms with Gasteiger partial charge in [-0.15, -0.1) is 0 Å². The third kappa shape index (κ3) is 1.63. The van der Waals surface area contributed by atoms with Crippen molar-refractivity contribution in [3.63, 3.8) is 0 Å². The largest absolute Gasteiger partial charge is 0.309 e. The first kappa shape index (κ1) is 7.32. The normalized spacial score (nSPS) is 34.2. The molecule has 1 atom stereocenters. The second-order valence-electron chi connectivity index (χ2n) is 2.96. The fraction of sp³-hybridized carbons (Fsp3) is 1.00.